The number of carbonyl (C=O) groups is 1. The number of hydrogen-bond donors (Lipinski definition) is 1. The maximum atomic E-state index is 13.0. The minimum absolute atomic E-state index is 0.144. The lowest BCUT2D eigenvalue weighted by Gasteiger charge is -2.29. The Labute approximate surface area is 153 Å². The number of anilines is 2. The van der Waals surface area contributed by atoms with E-state index >= 15 is 0 Å². The Morgan fingerprint density at radius 2 is 1.88 bits per heavy atom. The van der Waals surface area contributed by atoms with Crippen LogP contribution < -0.4 is 10.2 Å². The summed E-state index contributed by atoms with van der Waals surface area (Å²) in [5.41, 5.74) is 3.07. The molecular formula is C21H22N4O. The van der Waals surface area contributed by atoms with Crippen LogP contribution in [0.15, 0.2) is 48.7 Å². The van der Waals surface area contributed by atoms with Gasteiger partial charge in [-0.25, -0.2) is 4.98 Å². The van der Waals surface area contributed by atoms with Gasteiger partial charge in [-0.15, -0.1) is 0 Å². The smallest absolute Gasteiger partial charge is 0.259 e. The first-order chi connectivity index (χ1) is 12.7. The van der Waals surface area contributed by atoms with Gasteiger partial charge in [-0.1, -0.05) is 18.2 Å². The lowest BCUT2D eigenvalue weighted by Crippen LogP contribution is -2.32. The number of nitrogens with zero attached hydrogens (tertiary/aromatic N) is 3. The normalized spacial score (nSPS) is 14.4. The fraction of sp³-hybridized carbons (Fsp3) is 0.286. The van der Waals surface area contributed by atoms with E-state index in [0.29, 0.717) is 5.56 Å². The molecule has 3 heterocycles. The molecule has 0 saturated carbocycles. The van der Waals surface area contributed by atoms with Crippen LogP contribution in [0.1, 0.15) is 35.3 Å². The summed E-state index contributed by atoms with van der Waals surface area (Å²) < 4.78 is 0. The van der Waals surface area contributed by atoms with Gasteiger partial charge in [0, 0.05) is 30.4 Å². The molecule has 0 radical (unpaired) electrons. The molecule has 1 saturated heterocycles. The second-order valence-corrected chi connectivity index (χ2v) is 6.71. The average molecular weight is 346 g/mol. The number of nitrogens with one attached hydrogen (secondary N) is 1. The maximum Gasteiger partial charge on any atom is 0.259 e. The van der Waals surface area contributed by atoms with Crippen LogP contribution in [-0.4, -0.2) is 29.0 Å². The fourth-order valence-electron chi connectivity index (χ4n) is 3.47. The number of hydrogen-bond acceptors (Lipinski definition) is 4. The third-order valence-corrected chi connectivity index (χ3v) is 4.79. The molecule has 5 nitrogen and oxygen atoms in total. The zero-order valence-electron chi connectivity index (χ0n) is 14.9. The first kappa shape index (κ1) is 16.5. The second-order valence-electron chi connectivity index (χ2n) is 6.71. The number of amides is 1. The van der Waals surface area contributed by atoms with Crippen LogP contribution in [-0.2, 0) is 0 Å². The molecule has 1 aliphatic rings. The molecular weight excluding hydrogens is 324 g/mol. The molecule has 1 aromatic carbocycles. The van der Waals surface area contributed by atoms with Crippen molar-refractivity contribution in [3.8, 4) is 0 Å². The van der Waals surface area contributed by atoms with Crippen LogP contribution in [0, 0.1) is 6.92 Å². The molecule has 2 aromatic heterocycles. The van der Waals surface area contributed by atoms with Crippen molar-refractivity contribution in [1.29, 1.82) is 0 Å². The van der Waals surface area contributed by atoms with Crippen molar-refractivity contribution in [1.82, 2.24) is 9.97 Å². The van der Waals surface area contributed by atoms with E-state index in [2.05, 4.69) is 20.2 Å². The summed E-state index contributed by atoms with van der Waals surface area (Å²) in [6.07, 6.45) is 5.28. The minimum Gasteiger partial charge on any atom is -0.356 e. The standard InChI is InChI=1S/C21H22N4O/c1-15-10-11-16-7-5-9-18(19(16)23-15)24-21(26)17-8-6-12-22-20(17)25-13-3-2-4-14-25/h5-12H,2-4,13-14H2,1H3,(H,24,26). The molecule has 4 rings (SSSR count). The Morgan fingerprint density at radius 3 is 2.73 bits per heavy atom. The van der Waals surface area contributed by atoms with Gasteiger partial charge in [0.1, 0.15) is 5.82 Å². The van der Waals surface area contributed by atoms with Gasteiger partial charge in [-0.05, 0) is 50.5 Å². The Hall–Kier alpha value is -2.95. The molecule has 1 fully saturated rings. The summed E-state index contributed by atoms with van der Waals surface area (Å²) in [7, 11) is 0. The van der Waals surface area contributed by atoms with Gasteiger partial charge in [0.15, 0.2) is 0 Å². The van der Waals surface area contributed by atoms with E-state index in [1.54, 1.807) is 6.20 Å². The van der Waals surface area contributed by atoms with E-state index in [-0.39, 0.29) is 5.91 Å². The number of para-hydroxylation sites is 1. The Balaban J connectivity index is 1.66. The number of fused-ring (bicyclic) bond motifs is 1. The molecule has 1 amide bonds. The third kappa shape index (κ3) is 3.25. The Bertz CT molecular complexity index is 948. The monoisotopic (exact) mass is 346 g/mol. The van der Waals surface area contributed by atoms with E-state index in [0.717, 1.165) is 54.0 Å². The largest absolute Gasteiger partial charge is 0.356 e. The van der Waals surface area contributed by atoms with Crippen LogP contribution in [0.5, 0.6) is 0 Å². The van der Waals surface area contributed by atoms with E-state index in [1.807, 2.05) is 49.4 Å². The predicted molar refractivity (Wildman–Crippen MR) is 105 cm³/mol. The number of rotatable bonds is 3. The van der Waals surface area contributed by atoms with Gasteiger partial charge in [0.05, 0.1) is 16.8 Å². The number of pyridine rings is 2. The SMILES string of the molecule is Cc1ccc2cccc(NC(=O)c3cccnc3N3CCCCC3)c2n1. The molecule has 0 unspecified atom stereocenters. The highest BCUT2D eigenvalue weighted by Crippen LogP contribution is 2.25. The molecule has 1 N–H and O–H groups in total. The van der Waals surface area contributed by atoms with Crippen molar-refractivity contribution < 1.29 is 4.79 Å². The first-order valence-corrected chi connectivity index (χ1v) is 9.10. The maximum absolute atomic E-state index is 13.0. The topological polar surface area (TPSA) is 58.1 Å². The molecule has 5 heteroatoms. The lowest BCUT2D eigenvalue weighted by molar-refractivity contribution is 0.102. The highest BCUT2D eigenvalue weighted by atomic mass is 16.1. The van der Waals surface area contributed by atoms with Gasteiger partial charge in [0.2, 0.25) is 0 Å². The van der Waals surface area contributed by atoms with Crippen molar-refractivity contribution in [2.75, 3.05) is 23.3 Å². The van der Waals surface area contributed by atoms with Crippen molar-refractivity contribution >= 4 is 28.3 Å². The Morgan fingerprint density at radius 1 is 1.04 bits per heavy atom. The number of carbonyl (C=O) groups excluding carboxylic acids is 1. The molecule has 26 heavy (non-hydrogen) atoms. The predicted octanol–water partition coefficient (Wildman–Crippen LogP) is 4.18. The molecule has 1 aliphatic heterocycles. The van der Waals surface area contributed by atoms with Gasteiger partial charge in [0.25, 0.3) is 5.91 Å². The lowest BCUT2D eigenvalue weighted by atomic mass is 10.1. The summed E-state index contributed by atoms with van der Waals surface area (Å²) in [5.74, 6) is 0.628. The third-order valence-electron chi connectivity index (χ3n) is 4.79. The van der Waals surface area contributed by atoms with Gasteiger partial charge in [-0.3, -0.25) is 9.78 Å². The molecule has 0 aliphatic carbocycles. The van der Waals surface area contributed by atoms with Crippen molar-refractivity contribution in [2.24, 2.45) is 0 Å². The van der Waals surface area contributed by atoms with Crippen LogP contribution in [0.4, 0.5) is 11.5 Å². The number of aryl methyl sites for hydroxylation is 1. The quantitative estimate of drug-likeness (QED) is 0.773. The number of piperidine rings is 1. The van der Waals surface area contributed by atoms with Gasteiger partial charge in [-0.2, -0.15) is 0 Å². The van der Waals surface area contributed by atoms with Gasteiger partial charge >= 0.3 is 0 Å². The molecule has 0 bridgehead atoms. The molecule has 0 spiro atoms. The average Bonchev–Trinajstić information content (AvgIpc) is 2.69. The van der Waals surface area contributed by atoms with Crippen molar-refractivity contribution in [2.45, 2.75) is 26.2 Å². The molecule has 3 aromatic rings. The van der Waals surface area contributed by atoms with Gasteiger partial charge < -0.3 is 10.2 Å². The summed E-state index contributed by atoms with van der Waals surface area (Å²) in [4.78, 5) is 24.3. The number of benzene rings is 1. The zero-order valence-corrected chi connectivity index (χ0v) is 14.9. The fourth-order valence-corrected chi connectivity index (χ4v) is 3.47. The molecule has 132 valence electrons. The van der Waals surface area contributed by atoms with E-state index in [9.17, 15) is 4.79 Å². The summed E-state index contributed by atoms with van der Waals surface area (Å²) in [5, 5.41) is 4.05. The van der Waals surface area contributed by atoms with Crippen molar-refractivity contribution in [3.05, 3.63) is 59.9 Å². The van der Waals surface area contributed by atoms with Crippen LogP contribution in [0.3, 0.4) is 0 Å². The second kappa shape index (κ2) is 7.12. The summed E-state index contributed by atoms with van der Waals surface area (Å²) in [6.45, 7) is 3.85. The zero-order chi connectivity index (χ0) is 17.9. The highest BCUT2D eigenvalue weighted by molar-refractivity contribution is 6.10. The van der Waals surface area contributed by atoms with Crippen LogP contribution in [0.2, 0.25) is 0 Å². The van der Waals surface area contributed by atoms with Crippen LogP contribution >= 0.6 is 0 Å². The Kier molecular flexibility index (Phi) is 4.52. The highest BCUT2D eigenvalue weighted by Gasteiger charge is 2.20. The molecule has 0 atom stereocenters. The summed E-state index contributed by atoms with van der Waals surface area (Å²) in [6, 6.07) is 13.5. The first-order valence-electron chi connectivity index (χ1n) is 9.10. The summed E-state index contributed by atoms with van der Waals surface area (Å²) >= 11 is 0. The minimum atomic E-state index is -0.144. The van der Waals surface area contributed by atoms with E-state index in [4.69, 9.17) is 0 Å². The van der Waals surface area contributed by atoms with E-state index < -0.39 is 0 Å². The van der Waals surface area contributed by atoms with Crippen molar-refractivity contribution in [3.63, 3.8) is 0 Å². The van der Waals surface area contributed by atoms with E-state index in [1.165, 1.54) is 6.42 Å². The number of aromatic nitrogens is 2. The van der Waals surface area contributed by atoms with Crippen LogP contribution in [0.25, 0.3) is 10.9 Å².